The monoisotopic (exact) mass is 522 g/mol. The second-order valence-electron chi connectivity index (χ2n) is 6.63. The predicted octanol–water partition coefficient (Wildman–Crippen LogP) is 3.34. The third-order valence-corrected chi connectivity index (χ3v) is 6.26. The zero-order valence-electron chi connectivity index (χ0n) is 17.4. The molecule has 0 bridgehead atoms. The fourth-order valence-corrected chi connectivity index (χ4v) is 4.65. The smallest absolute Gasteiger partial charge is 0.348 e. The second kappa shape index (κ2) is 9.61. The summed E-state index contributed by atoms with van der Waals surface area (Å²) in [7, 11) is 0. The van der Waals surface area contributed by atoms with Gasteiger partial charge in [0.25, 0.3) is 11.7 Å². The van der Waals surface area contributed by atoms with Crippen LogP contribution in [0.2, 0.25) is 0 Å². The van der Waals surface area contributed by atoms with Gasteiger partial charge in [0.1, 0.15) is 16.4 Å². The summed E-state index contributed by atoms with van der Waals surface area (Å²) in [4.78, 5) is 63.3. The number of carbonyl (C=O) groups excluding carboxylic acids is 5. The van der Waals surface area contributed by atoms with Crippen molar-refractivity contribution in [2.45, 2.75) is 20.8 Å². The van der Waals surface area contributed by atoms with Crippen LogP contribution in [0.4, 0.5) is 10.7 Å². The minimum atomic E-state index is -0.826. The number of ether oxygens (including phenoxy) is 2. The Balaban J connectivity index is 1.88. The molecule has 32 heavy (non-hydrogen) atoms. The Hall–Kier alpha value is -3.05. The number of hydrogen-bond donors (Lipinski definition) is 1. The molecule has 2 heterocycles. The molecule has 0 fully saturated rings. The third kappa shape index (κ3) is 4.44. The minimum Gasteiger partial charge on any atom is -0.462 e. The van der Waals surface area contributed by atoms with Crippen LogP contribution in [-0.4, -0.2) is 49.3 Å². The van der Waals surface area contributed by atoms with Gasteiger partial charge >= 0.3 is 11.9 Å². The van der Waals surface area contributed by atoms with Crippen molar-refractivity contribution in [2.24, 2.45) is 0 Å². The summed E-state index contributed by atoms with van der Waals surface area (Å²) in [6, 6.07) is 4.73. The molecule has 3 rings (SSSR count). The summed E-state index contributed by atoms with van der Waals surface area (Å²) >= 11 is 4.13. The van der Waals surface area contributed by atoms with E-state index >= 15 is 0 Å². The predicted molar refractivity (Wildman–Crippen MR) is 120 cm³/mol. The number of ketones is 1. The average Bonchev–Trinajstić information content (AvgIpc) is 3.17. The average molecular weight is 523 g/mol. The van der Waals surface area contributed by atoms with Gasteiger partial charge in [0.05, 0.1) is 30.0 Å². The zero-order valence-corrected chi connectivity index (χ0v) is 19.8. The molecule has 0 unspecified atom stereocenters. The first-order valence-electron chi connectivity index (χ1n) is 9.62. The van der Waals surface area contributed by atoms with E-state index in [0.717, 1.165) is 16.2 Å². The number of anilines is 2. The molecule has 0 aliphatic carbocycles. The summed E-state index contributed by atoms with van der Waals surface area (Å²) in [6.45, 7) is 4.64. The molecular formula is C21H19BrN2O7S. The van der Waals surface area contributed by atoms with E-state index in [2.05, 4.69) is 21.2 Å². The van der Waals surface area contributed by atoms with Crippen molar-refractivity contribution in [1.82, 2.24) is 0 Å². The van der Waals surface area contributed by atoms with Crippen LogP contribution in [-0.2, 0) is 19.1 Å². The Morgan fingerprint density at radius 2 is 1.75 bits per heavy atom. The number of hydrogen-bond acceptors (Lipinski definition) is 8. The van der Waals surface area contributed by atoms with E-state index in [0.29, 0.717) is 15.7 Å². The van der Waals surface area contributed by atoms with E-state index < -0.39 is 36.1 Å². The van der Waals surface area contributed by atoms with E-state index in [1.807, 2.05) is 0 Å². The lowest BCUT2D eigenvalue weighted by Crippen LogP contribution is -2.37. The Morgan fingerprint density at radius 1 is 1.09 bits per heavy atom. The van der Waals surface area contributed by atoms with Crippen LogP contribution in [0, 0.1) is 6.92 Å². The van der Waals surface area contributed by atoms with Crippen molar-refractivity contribution in [3.05, 3.63) is 44.2 Å². The van der Waals surface area contributed by atoms with E-state index in [9.17, 15) is 24.0 Å². The molecule has 1 aromatic heterocycles. The van der Waals surface area contributed by atoms with E-state index in [-0.39, 0.29) is 34.2 Å². The van der Waals surface area contributed by atoms with E-state index in [1.165, 1.54) is 6.07 Å². The van der Waals surface area contributed by atoms with Crippen LogP contribution in [0.25, 0.3) is 0 Å². The lowest BCUT2D eigenvalue weighted by Gasteiger charge is -2.16. The molecule has 0 spiro atoms. The van der Waals surface area contributed by atoms with Gasteiger partial charge in [-0.15, -0.1) is 11.3 Å². The quantitative estimate of drug-likeness (QED) is 0.437. The zero-order chi connectivity index (χ0) is 23.6. The summed E-state index contributed by atoms with van der Waals surface area (Å²) < 4.78 is 10.7. The number of fused-ring (bicyclic) bond motifs is 1. The Labute approximate surface area is 195 Å². The highest BCUT2D eigenvalue weighted by molar-refractivity contribution is 9.10. The van der Waals surface area contributed by atoms with Gasteiger partial charge in [0.15, 0.2) is 0 Å². The summed E-state index contributed by atoms with van der Waals surface area (Å²) in [6.07, 6.45) is 0. The van der Waals surface area contributed by atoms with Crippen molar-refractivity contribution in [2.75, 3.05) is 30.0 Å². The number of nitrogens with zero attached hydrogens (tertiary/aromatic N) is 1. The lowest BCUT2D eigenvalue weighted by atomic mass is 10.1. The van der Waals surface area contributed by atoms with Crippen molar-refractivity contribution >= 4 is 67.5 Å². The molecule has 0 atom stereocenters. The number of amides is 2. The number of nitrogens with one attached hydrogen (secondary N) is 1. The fraction of sp³-hybridized carbons (Fsp3) is 0.286. The highest BCUT2D eigenvalue weighted by atomic mass is 79.9. The molecule has 1 aromatic carbocycles. The summed E-state index contributed by atoms with van der Waals surface area (Å²) in [5.41, 5.74) is 0.880. The SMILES string of the molecule is CCOC(=O)c1sc(NC(=O)CN2C(=O)C(=O)c3cc(Br)ccc32)c(C(=O)OCC)c1C. The molecule has 1 aliphatic rings. The van der Waals surface area contributed by atoms with Crippen LogP contribution in [0.3, 0.4) is 0 Å². The molecule has 11 heteroatoms. The van der Waals surface area contributed by atoms with Crippen LogP contribution in [0.15, 0.2) is 22.7 Å². The number of benzene rings is 1. The van der Waals surface area contributed by atoms with Crippen molar-refractivity contribution in [1.29, 1.82) is 0 Å². The summed E-state index contributed by atoms with van der Waals surface area (Å²) in [5.74, 6) is -3.51. The number of esters is 2. The minimum absolute atomic E-state index is 0.0430. The van der Waals surface area contributed by atoms with Gasteiger partial charge < -0.3 is 14.8 Å². The normalized spacial score (nSPS) is 12.6. The van der Waals surface area contributed by atoms with E-state index in [1.54, 1.807) is 32.9 Å². The Kier molecular flexibility index (Phi) is 7.09. The van der Waals surface area contributed by atoms with E-state index in [4.69, 9.17) is 9.47 Å². The molecule has 0 saturated carbocycles. The fourth-order valence-electron chi connectivity index (χ4n) is 3.18. The second-order valence-corrected chi connectivity index (χ2v) is 8.57. The van der Waals surface area contributed by atoms with Crippen molar-refractivity contribution in [3.63, 3.8) is 0 Å². The third-order valence-electron chi connectivity index (χ3n) is 4.58. The molecule has 0 radical (unpaired) electrons. The molecule has 9 nitrogen and oxygen atoms in total. The molecule has 1 N–H and O–H groups in total. The standard InChI is InChI=1S/C21H19BrN2O7S/c1-4-30-20(28)15-10(3)17(21(29)31-5-2)32-18(15)23-14(25)9-24-13-7-6-11(22)8-12(13)16(26)19(24)27/h6-8H,4-5,9H2,1-3H3,(H,23,25). The van der Waals surface area contributed by atoms with Gasteiger partial charge in [-0.1, -0.05) is 15.9 Å². The molecule has 1 aliphatic heterocycles. The summed E-state index contributed by atoms with van der Waals surface area (Å²) in [5, 5.41) is 2.67. The number of rotatable bonds is 7. The molecule has 2 amide bonds. The van der Waals surface area contributed by atoms with Crippen LogP contribution in [0.1, 0.15) is 49.8 Å². The van der Waals surface area contributed by atoms with Crippen LogP contribution < -0.4 is 10.2 Å². The number of Topliss-reactive ketones (excluding diaryl/α,β-unsaturated/α-hetero) is 1. The largest absolute Gasteiger partial charge is 0.462 e. The number of carbonyl (C=O) groups is 5. The van der Waals surface area contributed by atoms with Crippen molar-refractivity contribution in [3.8, 4) is 0 Å². The first kappa shape index (κ1) is 23.6. The highest BCUT2D eigenvalue weighted by Gasteiger charge is 2.37. The first-order chi connectivity index (χ1) is 15.2. The van der Waals surface area contributed by atoms with Gasteiger partial charge in [-0.2, -0.15) is 0 Å². The number of thiophene rings is 1. The maximum atomic E-state index is 12.8. The highest BCUT2D eigenvalue weighted by Crippen LogP contribution is 2.35. The molecule has 168 valence electrons. The Morgan fingerprint density at radius 3 is 2.41 bits per heavy atom. The lowest BCUT2D eigenvalue weighted by molar-refractivity contribution is -0.118. The maximum Gasteiger partial charge on any atom is 0.348 e. The van der Waals surface area contributed by atoms with Gasteiger partial charge in [-0.3, -0.25) is 19.3 Å². The van der Waals surface area contributed by atoms with Crippen LogP contribution >= 0.6 is 27.3 Å². The molecular weight excluding hydrogens is 504 g/mol. The Bertz CT molecular complexity index is 1140. The molecule has 2 aromatic rings. The van der Waals surface area contributed by atoms with Crippen molar-refractivity contribution < 1.29 is 33.4 Å². The first-order valence-corrected chi connectivity index (χ1v) is 11.2. The van der Waals surface area contributed by atoms with Gasteiger partial charge in [0.2, 0.25) is 5.91 Å². The van der Waals surface area contributed by atoms with Crippen LogP contribution in [0.5, 0.6) is 0 Å². The molecule has 0 saturated heterocycles. The number of halogens is 1. The van der Waals surface area contributed by atoms with Gasteiger partial charge in [0, 0.05) is 4.47 Å². The maximum absolute atomic E-state index is 12.8. The van der Waals surface area contributed by atoms with Gasteiger partial charge in [-0.05, 0) is 44.5 Å². The van der Waals surface area contributed by atoms with Gasteiger partial charge in [-0.25, -0.2) is 9.59 Å². The topological polar surface area (TPSA) is 119 Å².